The molecule has 126 valence electrons. The molecule has 0 unspecified atom stereocenters. The maximum atomic E-state index is 11.6. The summed E-state index contributed by atoms with van der Waals surface area (Å²) >= 11 is 7.49. The Balaban J connectivity index is 1.98. The van der Waals surface area contributed by atoms with Crippen molar-refractivity contribution in [3.05, 3.63) is 16.2 Å². The highest BCUT2D eigenvalue weighted by Gasteiger charge is 2.20. The summed E-state index contributed by atoms with van der Waals surface area (Å²) in [6.07, 6.45) is 1.19. The fourth-order valence-corrected chi connectivity index (χ4v) is 4.11. The lowest BCUT2D eigenvalue weighted by molar-refractivity contribution is 0.122. The van der Waals surface area contributed by atoms with Crippen molar-refractivity contribution in [3.63, 3.8) is 0 Å². The molecule has 1 saturated heterocycles. The second kappa shape index (κ2) is 6.48. The van der Waals surface area contributed by atoms with Crippen molar-refractivity contribution in [2.24, 2.45) is 0 Å². The van der Waals surface area contributed by atoms with Gasteiger partial charge in [-0.3, -0.25) is 0 Å². The molecule has 3 rings (SSSR count). The summed E-state index contributed by atoms with van der Waals surface area (Å²) in [6, 6.07) is 1.95. The molecule has 3 heterocycles. The fraction of sp³-hybridized carbons (Fsp3) is 0.538. The zero-order valence-corrected chi connectivity index (χ0v) is 15.2. The van der Waals surface area contributed by atoms with E-state index in [4.69, 9.17) is 16.3 Å². The number of halogens is 1. The molecule has 0 aliphatic carbocycles. The van der Waals surface area contributed by atoms with Gasteiger partial charge in [0.15, 0.2) is 0 Å². The van der Waals surface area contributed by atoms with Crippen LogP contribution >= 0.6 is 22.9 Å². The molecule has 0 spiro atoms. The molecule has 0 saturated carbocycles. The second-order valence-corrected chi connectivity index (χ2v) is 8.91. The monoisotopic (exact) mass is 376 g/mol. The number of aromatic nitrogens is 2. The Morgan fingerprint density at radius 3 is 2.74 bits per heavy atom. The molecule has 0 N–H and O–H groups in total. The van der Waals surface area contributed by atoms with E-state index in [0.717, 1.165) is 34.0 Å². The van der Waals surface area contributed by atoms with Crippen molar-refractivity contribution in [1.29, 1.82) is 0 Å². The molecule has 1 fully saturated rings. The maximum Gasteiger partial charge on any atom is 0.225 e. The minimum absolute atomic E-state index is 0.198. The highest BCUT2D eigenvalue weighted by atomic mass is 35.5. The molecular weight excluding hydrogens is 360 g/mol. The number of rotatable bonds is 4. The van der Waals surface area contributed by atoms with Crippen LogP contribution < -0.4 is 4.90 Å². The Morgan fingerprint density at radius 1 is 1.39 bits per heavy atom. The van der Waals surface area contributed by atoms with Gasteiger partial charge in [-0.1, -0.05) is 0 Å². The van der Waals surface area contributed by atoms with E-state index in [-0.39, 0.29) is 5.28 Å². The average molecular weight is 377 g/mol. The number of morpholine rings is 1. The van der Waals surface area contributed by atoms with Gasteiger partial charge in [0.1, 0.15) is 10.6 Å². The van der Waals surface area contributed by atoms with Gasteiger partial charge in [-0.05, 0) is 17.7 Å². The summed E-state index contributed by atoms with van der Waals surface area (Å²) in [5, 5.41) is 1.10. The summed E-state index contributed by atoms with van der Waals surface area (Å²) < 4.78 is 29.8. The first-order chi connectivity index (χ1) is 10.8. The first-order valence-electron chi connectivity index (χ1n) is 7.04. The number of anilines is 1. The number of hydrogen-bond donors (Lipinski definition) is 0. The highest BCUT2D eigenvalue weighted by Crippen LogP contribution is 2.33. The second-order valence-electron chi connectivity index (χ2n) is 5.37. The van der Waals surface area contributed by atoms with Gasteiger partial charge in [-0.15, -0.1) is 11.3 Å². The van der Waals surface area contributed by atoms with Crippen LogP contribution in [0.15, 0.2) is 6.07 Å². The van der Waals surface area contributed by atoms with Crippen molar-refractivity contribution < 1.29 is 13.2 Å². The molecule has 0 radical (unpaired) electrons. The predicted molar refractivity (Wildman–Crippen MR) is 91.8 cm³/mol. The van der Waals surface area contributed by atoms with Crippen molar-refractivity contribution in [3.8, 4) is 0 Å². The molecule has 2 aromatic heterocycles. The quantitative estimate of drug-likeness (QED) is 0.754. The Labute approximate surface area is 143 Å². The summed E-state index contributed by atoms with van der Waals surface area (Å²) in [4.78, 5) is 12.4. The third-order valence-electron chi connectivity index (χ3n) is 3.65. The van der Waals surface area contributed by atoms with Gasteiger partial charge < -0.3 is 9.64 Å². The average Bonchev–Trinajstić information content (AvgIpc) is 2.88. The lowest BCUT2D eigenvalue weighted by atomic mass is 10.3. The zero-order chi connectivity index (χ0) is 16.6. The van der Waals surface area contributed by atoms with Crippen molar-refractivity contribution in [2.75, 3.05) is 44.5 Å². The van der Waals surface area contributed by atoms with E-state index in [1.807, 2.05) is 6.07 Å². The number of thiophene rings is 1. The van der Waals surface area contributed by atoms with E-state index in [0.29, 0.717) is 19.8 Å². The summed E-state index contributed by atoms with van der Waals surface area (Å²) in [5.41, 5.74) is 0. The van der Waals surface area contributed by atoms with Crippen LogP contribution in [0.25, 0.3) is 10.2 Å². The van der Waals surface area contributed by atoms with E-state index in [9.17, 15) is 8.42 Å². The molecule has 0 amide bonds. The van der Waals surface area contributed by atoms with E-state index in [1.165, 1.54) is 21.9 Å². The molecule has 2 aromatic rings. The Bertz CT molecular complexity index is 818. The first-order valence-corrected chi connectivity index (χ1v) is 10.1. The molecular formula is C13H17ClN4O3S2. The van der Waals surface area contributed by atoms with Crippen LogP contribution in [-0.4, -0.2) is 62.3 Å². The van der Waals surface area contributed by atoms with Gasteiger partial charge in [0, 0.05) is 31.6 Å². The van der Waals surface area contributed by atoms with E-state index in [2.05, 4.69) is 14.9 Å². The largest absolute Gasteiger partial charge is 0.378 e. The van der Waals surface area contributed by atoms with Gasteiger partial charge in [-0.2, -0.15) is 4.98 Å². The summed E-state index contributed by atoms with van der Waals surface area (Å²) in [5.74, 6) is 0.785. The molecule has 23 heavy (non-hydrogen) atoms. The smallest absolute Gasteiger partial charge is 0.225 e. The molecule has 0 aromatic carbocycles. The van der Waals surface area contributed by atoms with Gasteiger partial charge in [-0.25, -0.2) is 17.7 Å². The topological polar surface area (TPSA) is 75.6 Å². The van der Waals surface area contributed by atoms with Gasteiger partial charge in [0.2, 0.25) is 15.3 Å². The number of ether oxygens (including phenoxy) is 1. The van der Waals surface area contributed by atoms with Crippen LogP contribution in [0.5, 0.6) is 0 Å². The molecule has 0 atom stereocenters. The van der Waals surface area contributed by atoms with E-state index < -0.39 is 10.0 Å². The number of nitrogens with zero attached hydrogens (tertiary/aromatic N) is 4. The van der Waals surface area contributed by atoms with Crippen LogP contribution in [0.3, 0.4) is 0 Å². The molecule has 1 aliphatic heterocycles. The number of sulfonamides is 1. The highest BCUT2D eigenvalue weighted by molar-refractivity contribution is 7.88. The van der Waals surface area contributed by atoms with Gasteiger partial charge in [0.05, 0.1) is 24.9 Å². The Kier molecular flexibility index (Phi) is 4.75. The van der Waals surface area contributed by atoms with Crippen LogP contribution in [0.4, 0.5) is 5.82 Å². The molecule has 1 aliphatic rings. The van der Waals surface area contributed by atoms with Crippen LogP contribution in [-0.2, 0) is 21.3 Å². The molecule has 7 nitrogen and oxygen atoms in total. The fourth-order valence-electron chi connectivity index (χ4n) is 2.36. The molecule has 0 bridgehead atoms. The lowest BCUT2D eigenvalue weighted by Crippen LogP contribution is -2.36. The van der Waals surface area contributed by atoms with Crippen molar-refractivity contribution in [2.45, 2.75) is 6.54 Å². The minimum atomic E-state index is -3.23. The third-order valence-corrected chi connectivity index (χ3v) is 6.10. The normalized spacial score (nSPS) is 16.4. The predicted octanol–water partition coefficient (Wildman–Crippen LogP) is 1.57. The number of hydrogen-bond acceptors (Lipinski definition) is 7. The van der Waals surface area contributed by atoms with Crippen molar-refractivity contribution in [1.82, 2.24) is 14.3 Å². The first kappa shape index (κ1) is 16.8. The maximum absolute atomic E-state index is 11.6. The molecule has 10 heteroatoms. The number of fused-ring (bicyclic) bond motifs is 1. The zero-order valence-electron chi connectivity index (χ0n) is 12.8. The van der Waals surface area contributed by atoms with Crippen LogP contribution in [0, 0.1) is 0 Å². The summed E-state index contributed by atoms with van der Waals surface area (Å²) in [7, 11) is -1.67. The lowest BCUT2D eigenvalue weighted by Gasteiger charge is -2.28. The SMILES string of the molecule is CN(Cc1cc2c(N3CCOCC3)nc(Cl)nc2s1)S(C)(=O)=O. The minimum Gasteiger partial charge on any atom is -0.378 e. The van der Waals surface area contributed by atoms with Crippen LogP contribution in [0.2, 0.25) is 5.28 Å². The van der Waals surface area contributed by atoms with Crippen LogP contribution in [0.1, 0.15) is 4.88 Å². The third kappa shape index (κ3) is 3.74. The Morgan fingerprint density at radius 2 is 2.09 bits per heavy atom. The standard InChI is InChI=1S/C13H17ClN4O3S2/c1-17(23(2,19)20)8-9-7-10-11(18-3-5-21-6-4-18)15-13(14)16-12(10)22-9/h7H,3-6,8H2,1-2H3. The van der Waals surface area contributed by atoms with E-state index >= 15 is 0 Å². The van der Waals surface area contributed by atoms with Gasteiger partial charge >= 0.3 is 0 Å². The van der Waals surface area contributed by atoms with E-state index in [1.54, 1.807) is 7.05 Å². The Hall–Kier alpha value is -1.00. The summed E-state index contributed by atoms with van der Waals surface area (Å²) in [6.45, 7) is 3.10. The van der Waals surface area contributed by atoms with Crippen molar-refractivity contribution >= 4 is 49.0 Å². The van der Waals surface area contributed by atoms with Gasteiger partial charge in [0.25, 0.3) is 0 Å².